The second-order valence-electron chi connectivity index (χ2n) is 1.14. The van der Waals surface area contributed by atoms with Gasteiger partial charge >= 0.3 is 5.97 Å². The molecule has 0 spiro atoms. The Balaban J connectivity index is 0.000000490. The topological polar surface area (TPSA) is 81.2 Å². The summed E-state index contributed by atoms with van der Waals surface area (Å²) in [5, 5.41) is 8.05. The van der Waals surface area contributed by atoms with Crippen molar-refractivity contribution >= 4 is 11.7 Å². The van der Waals surface area contributed by atoms with Crippen molar-refractivity contribution < 1.29 is 15.4 Å². The minimum absolute atomic E-state index is 0. The molecule has 1 heterocycles. The maximum absolute atomic E-state index is 9.80. The summed E-state index contributed by atoms with van der Waals surface area (Å²) in [5.74, 6) is -0.956. The van der Waals surface area contributed by atoms with Crippen molar-refractivity contribution in [2.75, 3.05) is 0 Å². The van der Waals surface area contributed by atoms with Crippen molar-refractivity contribution in [3.8, 4) is 0 Å². The first-order valence-electron chi connectivity index (χ1n) is 1.78. The number of carboxylic acid groups (broad SMARTS) is 1. The molecule has 0 fully saturated rings. The average molecular weight is 115 g/mol. The second-order valence-corrected chi connectivity index (χ2v) is 1.14. The van der Waals surface area contributed by atoms with Gasteiger partial charge in [0.25, 0.3) is 0 Å². The van der Waals surface area contributed by atoms with Crippen LogP contribution in [0.5, 0.6) is 0 Å². The normalized spacial score (nSPS) is 13.2. The predicted octanol–water partition coefficient (Wildman–Crippen LogP) is -0.785. The smallest absolute Gasteiger partial charge is 0.354 e. The van der Waals surface area contributed by atoms with E-state index in [-0.39, 0.29) is 11.2 Å². The Kier molecular flexibility index (Phi) is 1.90. The predicted molar refractivity (Wildman–Crippen MR) is 27.8 cm³/mol. The molecule has 4 heteroatoms. The molecule has 0 radical (unpaired) electrons. The molecule has 0 saturated carbocycles. The first-order valence-corrected chi connectivity index (χ1v) is 1.78. The number of hydrogen-bond donors (Lipinski definition) is 1. The average Bonchev–Trinajstić information content (AvgIpc) is 1.23. The van der Waals surface area contributed by atoms with Crippen LogP contribution in [-0.4, -0.2) is 22.3 Å². The van der Waals surface area contributed by atoms with Crippen LogP contribution in [0.2, 0.25) is 0 Å². The Morgan fingerprint density at radius 3 is 2.25 bits per heavy atom. The van der Waals surface area contributed by atoms with Crippen molar-refractivity contribution in [3.63, 3.8) is 0 Å². The molecule has 0 bridgehead atoms. The van der Waals surface area contributed by atoms with E-state index in [0.29, 0.717) is 0 Å². The van der Waals surface area contributed by atoms with Crippen LogP contribution in [0.1, 0.15) is 0 Å². The van der Waals surface area contributed by atoms with Crippen molar-refractivity contribution in [3.05, 3.63) is 12.3 Å². The molecular weight excluding hydrogens is 110 g/mol. The maximum Gasteiger partial charge on any atom is 0.354 e. The van der Waals surface area contributed by atoms with Gasteiger partial charge in [0.15, 0.2) is 0 Å². The Morgan fingerprint density at radius 1 is 1.75 bits per heavy atom. The van der Waals surface area contributed by atoms with Gasteiger partial charge in [0.05, 0.1) is 0 Å². The van der Waals surface area contributed by atoms with Crippen LogP contribution in [-0.2, 0) is 4.79 Å². The van der Waals surface area contributed by atoms with E-state index >= 15 is 0 Å². The third kappa shape index (κ3) is 0.913. The van der Waals surface area contributed by atoms with Crippen molar-refractivity contribution in [2.45, 2.75) is 0 Å². The van der Waals surface area contributed by atoms with E-state index in [1.165, 1.54) is 12.3 Å². The first-order chi connectivity index (χ1) is 3.30. The number of nitrogens with zero attached hydrogens (tertiary/aromatic N) is 1. The lowest BCUT2D eigenvalue weighted by molar-refractivity contribution is -0.129. The number of aliphatic imine (C=N–C) groups is 1. The molecule has 0 aliphatic carbocycles. The number of aliphatic carboxylic acids is 1. The largest absolute Gasteiger partial charge is 0.477 e. The molecule has 1 aliphatic rings. The fourth-order valence-electron chi connectivity index (χ4n) is 0.276. The zero-order valence-corrected chi connectivity index (χ0v) is 3.96. The summed E-state index contributed by atoms with van der Waals surface area (Å²) < 4.78 is 0. The van der Waals surface area contributed by atoms with Crippen molar-refractivity contribution in [2.24, 2.45) is 4.99 Å². The van der Waals surface area contributed by atoms with Crippen molar-refractivity contribution in [1.29, 1.82) is 0 Å². The molecule has 1 rings (SSSR count). The molecule has 0 saturated heterocycles. The standard InChI is InChI=1S/C4H3NO2.H2O/c6-4(7)3-1-2-5-3;/h1-2H,(H,6,7);1H2. The van der Waals surface area contributed by atoms with Gasteiger partial charge in [-0.3, -0.25) is 0 Å². The van der Waals surface area contributed by atoms with Crippen LogP contribution >= 0.6 is 0 Å². The maximum atomic E-state index is 9.80. The molecular formula is C4H5NO3. The molecule has 3 N–H and O–H groups in total. The molecule has 4 nitrogen and oxygen atoms in total. The van der Waals surface area contributed by atoms with Crippen LogP contribution in [0, 0.1) is 0 Å². The summed E-state index contributed by atoms with van der Waals surface area (Å²) in [4.78, 5) is 13.2. The summed E-state index contributed by atoms with van der Waals surface area (Å²) in [6.07, 6.45) is 2.89. The van der Waals surface area contributed by atoms with Gasteiger partial charge in [-0.05, 0) is 6.08 Å². The fraction of sp³-hybridized carbons (Fsp3) is 0. The molecule has 0 aromatic rings. The van der Waals surface area contributed by atoms with E-state index in [4.69, 9.17) is 5.11 Å². The number of hydrogen-bond acceptors (Lipinski definition) is 2. The molecule has 1 aliphatic heterocycles. The van der Waals surface area contributed by atoms with Crippen LogP contribution in [0.3, 0.4) is 0 Å². The summed E-state index contributed by atoms with van der Waals surface area (Å²) in [6.45, 7) is 0. The van der Waals surface area contributed by atoms with Crippen LogP contribution in [0.4, 0.5) is 0 Å². The Morgan fingerprint density at radius 2 is 2.25 bits per heavy atom. The highest BCUT2D eigenvalue weighted by atomic mass is 16.4. The van der Waals surface area contributed by atoms with Gasteiger partial charge in [0.2, 0.25) is 0 Å². The number of rotatable bonds is 1. The lowest BCUT2D eigenvalue weighted by Gasteiger charge is -1.95. The van der Waals surface area contributed by atoms with Gasteiger partial charge in [-0.2, -0.15) is 0 Å². The van der Waals surface area contributed by atoms with Gasteiger partial charge in [-0.25, -0.2) is 9.79 Å². The SMILES string of the molecule is O.O=C(O)C1=NC=C1. The van der Waals surface area contributed by atoms with Crippen molar-refractivity contribution in [1.82, 2.24) is 0 Å². The van der Waals surface area contributed by atoms with Gasteiger partial charge < -0.3 is 10.6 Å². The first kappa shape index (κ1) is 6.84. The highest BCUT2D eigenvalue weighted by Crippen LogP contribution is 1.93. The van der Waals surface area contributed by atoms with E-state index in [1.807, 2.05) is 0 Å². The molecule has 0 aromatic heterocycles. The zero-order chi connectivity index (χ0) is 5.28. The summed E-state index contributed by atoms with van der Waals surface area (Å²) >= 11 is 0. The van der Waals surface area contributed by atoms with E-state index in [1.54, 1.807) is 0 Å². The lowest BCUT2D eigenvalue weighted by Crippen LogP contribution is -2.12. The summed E-state index contributed by atoms with van der Waals surface area (Å²) in [6, 6.07) is 0. The van der Waals surface area contributed by atoms with Gasteiger partial charge in [0, 0.05) is 6.20 Å². The number of carbonyl (C=O) groups is 1. The van der Waals surface area contributed by atoms with Gasteiger partial charge in [0.1, 0.15) is 5.71 Å². The Labute approximate surface area is 45.5 Å². The third-order valence-corrected chi connectivity index (χ3v) is 0.665. The fourth-order valence-corrected chi connectivity index (χ4v) is 0.276. The second kappa shape index (κ2) is 2.23. The third-order valence-electron chi connectivity index (χ3n) is 0.665. The van der Waals surface area contributed by atoms with Gasteiger partial charge in [-0.15, -0.1) is 0 Å². The lowest BCUT2D eigenvalue weighted by atomic mass is 10.3. The number of carboxylic acids is 1. The Bertz CT molecular complexity index is 159. The highest BCUT2D eigenvalue weighted by Gasteiger charge is 2.07. The van der Waals surface area contributed by atoms with Gasteiger partial charge in [-0.1, -0.05) is 0 Å². The molecule has 8 heavy (non-hydrogen) atoms. The minimum Gasteiger partial charge on any atom is -0.477 e. The monoisotopic (exact) mass is 115 g/mol. The molecule has 0 unspecified atom stereocenters. The summed E-state index contributed by atoms with van der Waals surface area (Å²) in [7, 11) is 0. The van der Waals surface area contributed by atoms with E-state index in [9.17, 15) is 4.79 Å². The van der Waals surface area contributed by atoms with Crippen LogP contribution in [0.25, 0.3) is 0 Å². The molecule has 0 atom stereocenters. The Hall–Kier alpha value is -1.16. The van der Waals surface area contributed by atoms with E-state index in [0.717, 1.165) is 0 Å². The molecule has 44 valence electrons. The summed E-state index contributed by atoms with van der Waals surface area (Å²) in [5.41, 5.74) is 0.139. The van der Waals surface area contributed by atoms with Crippen LogP contribution < -0.4 is 0 Å². The van der Waals surface area contributed by atoms with E-state index in [2.05, 4.69) is 4.99 Å². The zero-order valence-electron chi connectivity index (χ0n) is 3.96. The molecule has 0 amide bonds. The van der Waals surface area contributed by atoms with Crippen LogP contribution in [0.15, 0.2) is 17.3 Å². The van der Waals surface area contributed by atoms with E-state index < -0.39 is 5.97 Å². The molecule has 0 aromatic carbocycles. The highest BCUT2D eigenvalue weighted by molar-refractivity contribution is 6.42. The minimum atomic E-state index is -0.956. The quantitative estimate of drug-likeness (QED) is 0.486.